The van der Waals surface area contributed by atoms with Gasteiger partial charge in [-0.1, -0.05) is 32.6 Å². The summed E-state index contributed by atoms with van der Waals surface area (Å²) in [7, 11) is 0. The van der Waals surface area contributed by atoms with Gasteiger partial charge in [0.05, 0.1) is 42.7 Å². The molecular weight excluding hydrogens is 412 g/mol. The highest BCUT2D eigenvalue weighted by Gasteiger charge is 2.40. The summed E-state index contributed by atoms with van der Waals surface area (Å²) in [6, 6.07) is 0. The SMILES string of the molecule is CCCC[C@H](O)[C@H]1CC[C@H]([C@H]2CC[C@H]([C@H](O)CCCC[C@@H](O)CC3=C[C@H](C)OC3=O)O2)O1. The van der Waals surface area contributed by atoms with Gasteiger partial charge < -0.3 is 29.5 Å². The van der Waals surface area contributed by atoms with E-state index in [9.17, 15) is 20.1 Å². The molecule has 0 aromatic heterocycles. The standard InChI is InChI=1S/C25H42O7/c1-3-4-8-19(27)21-10-12-23(31-21)24-13-11-22(32-24)20(28)9-6-5-7-18(26)15-17-14-16(2)30-25(17)29/h14,16,18-24,26-28H,3-13,15H2,1-2H3/t16-,18+,19-,20+,21+,22+,23+,24+/m0/s1. The molecule has 32 heavy (non-hydrogen) atoms. The number of rotatable bonds is 13. The highest BCUT2D eigenvalue weighted by atomic mass is 16.6. The summed E-state index contributed by atoms with van der Waals surface area (Å²) < 4.78 is 17.3. The average molecular weight is 455 g/mol. The second-order valence-electron chi connectivity index (χ2n) is 9.80. The summed E-state index contributed by atoms with van der Waals surface area (Å²) in [5, 5.41) is 31.0. The molecule has 3 N–H and O–H groups in total. The third-order valence-corrected chi connectivity index (χ3v) is 7.03. The fourth-order valence-corrected chi connectivity index (χ4v) is 5.15. The molecule has 0 aromatic rings. The van der Waals surface area contributed by atoms with Gasteiger partial charge in [-0.05, 0) is 57.9 Å². The van der Waals surface area contributed by atoms with Gasteiger partial charge in [0.25, 0.3) is 0 Å². The van der Waals surface area contributed by atoms with Crippen molar-refractivity contribution in [3.05, 3.63) is 11.6 Å². The van der Waals surface area contributed by atoms with E-state index in [2.05, 4.69) is 6.92 Å². The number of aliphatic hydroxyl groups excluding tert-OH is 3. The summed E-state index contributed by atoms with van der Waals surface area (Å²) in [4.78, 5) is 11.6. The number of hydrogen-bond acceptors (Lipinski definition) is 7. The predicted octanol–water partition coefficient (Wildman–Crippen LogP) is 3.18. The Balaban J connectivity index is 1.29. The second kappa shape index (κ2) is 12.5. The maximum absolute atomic E-state index is 11.6. The Labute approximate surface area is 192 Å². The van der Waals surface area contributed by atoms with Crippen LogP contribution in [0.1, 0.15) is 90.9 Å². The molecule has 7 nitrogen and oxygen atoms in total. The summed E-state index contributed by atoms with van der Waals surface area (Å²) in [6.45, 7) is 3.93. The Morgan fingerprint density at radius 2 is 1.47 bits per heavy atom. The zero-order valence-electron chi connectivity index (χ0n) is 19.7. The van der Waals surface area contributed by atoms with Gasteiger partial charge in [-0.15, -0.1) is 0 Å². The molecule has 184 valence electrons. The number of aliphatic hydroxyl groups is 3. The minimum absolute atomic E-state index is 0.00156. The molecule has 3 heterocycles. The molecular formula is C25H42O7. The van der Waals surface area contributed by atoms with Crippen molar-refractivity contribution in [3.63, 3.8) is 0 Å². The molecule has 3 aliphatic heterocycles. The first-order valence-corrected chi connectivity index (χ1v) is 12.6. The van der Waals surface area contributed by atoms with Gasteiger partial charge in [0.15, 0.2) is 0 Å². The molecule has 3 rings (SSSR count). The number of carbonyl (C=O) groups excluding carboxylic acids is 1. The Bertz CT molecular complexity index is 621. The van der Waals surface area contributed by atoms with Crippen LogP contribution in [-0.4, -0.2) is 70.1 Å². The van der Waals surface area contributed by atoms with Gasteiger partial charge in [-0.25, -0.2) is 4.79 Å². The van der Waals surface area contributed by atoms with E-state index in [0.717, 1.165) is 57.8 Å². The van der Waals surface area contributed by atoms with Crippen LogP contribution in [0.15, 0.2) is 11.6 Å². The molecule has 7 heteroatoms. The smallest absolute Gasteiger partial charge is 0.334 e. The monoisotopic (exact) mass is 454 g/mol. The van der Waals surface area contributed by atoms with Crippen molar-refractivity contribution in [2.45, 2.75) is 140 Å². The fourth-order valence-electron chi connectivity index (χ4n) is 5.15. The summed E-state index contributed by atoms with van der Waals surface area (Å²) >= 11 is 0. The topological polar surface area (TPSA) is 105 Å². The van der Waals surface area contributed by atoms with Crippen LogP contribution in [0.25, 0.3) is 0 Å². The number of ether oxygens (including phenoxy) is 3. The van der Waals surface area contributed by atoms with Crippen LogP contribution in [0.5, 0.6) is 0 Å². The number of carbonyl (C=O) groups is 1. The van der Waals surface area contributed by atoms with Crippen molar-refractivity contribution in [2.75, 3.05) is 0 Å². The molecule has 0 saturated carbocycles. The van der Waals surface area contributed by atoms with Crippen molar-refractivity contribution in [2.24, 2.45) is 0 Å². The molecule has 3 aliphatic rings. The normalized spacial score (nSPS) is 33.2. The zero-order valence-corrected chi connectivity index (χ0v) is 19.7. The lowest BCUT2D eigenvalue weighted by Crippen LogP contribution is -2.33. The van der Waals surface area contributed by atoms with E-state index in [4.69, 9.17) is 14.2 Å². The molecule has 2 fully saturated rings. The maximum Gasteiger partial charge on any atom is 0.334 e. The first kappa shape index (κ1) is 25.6. The van der Waals surface area contributed by atoms with Crippen molar-refractivity contribution < 1.29 is 34.3 Å². The highest BCUT2D eigenvalue weighted by Crippen LogP contribution is 2.34. The van der Waals surface area contributed by atoms with Gasteiger partial charge in [-0.3, -0.25) is 0 Å². The third kappa shape index (κ3) is 7.26. The van der Waals surface area contributed by atoms with Crippen molar-refractivity contribution in [3.8, 4) is 0 Å². The van der Waals surface area contributed by atoms with Crippen LogP contribution in [0, 0.1) is 0 Å². The van der Waals surface area contributed by atoms with Crippen LogP contribution >= 0.6 is 0 Å². The van der Waals surface area contributed by atoms with Crippen molar-refractivity contribution >= 4 is 5.97 Å². The van der Waals surface area contributed by atoms with Crippen LogP contribution in [-0.2, 0) is 19.0 Å². The number of hydrogen-bond donors (Lipinski definition) is 3. The molecule has 0 aliphatic carbocycles. The first-order valence-electron chi connectivity index (χ1n) is 12.6. The van der Waals surface area contributed by atoms with Gasteiger partial charge in [-0.2, -0.15) is 0 Å². The van der Waals surface area contributed by atoms with Crippen LogP contribution < -0.4 is 0 Å². The van der Waals surface area contributed by atoms with E-state index in [0.29, 0.717) is 24.8 Å². The van der Waals surface area contributed by atoms with Crippen LogP contribution in [0.4, 0.5) is 0 Å². The lowest BCUT2D eigenvalue weighted by Gasteiger charge is -2.24. The fraction of sp³-hybridized carbons (Fsp3) is 0.880. The molecule has 0 radical (unpaired) electrons. The van der Waals surface area contributed by atoms with E-state index >= 15 is 0 Å². The Morgan fingerprint density at radius 1 is 0.906 bits per heavy atom. The van der Waals surface area contributed by atoms with Gasteiger partial charge in [0, 0.05) is 12.0 Å². The second-order valence-corrected chi connectivity index (χ2v) is 9.80. The van der Waals surface area contributed by atoms with Gasteiger partial charge >= 0.3 is 5.97 Å². The minimum Gasteiger partial charge on any atom is -0.455 e. The lowest BCUT2D eigenvalue weighted by atomic mass is 9.99. The number of esters is 1. The highest BCUT2D eigenvalue weighted by molar-refractivity contribution is 5.90. The summed E-state index contributed by atoms with van der Waals surface area (Å²) in [6.07, 6.45) is 9.36. The van der Waals surface area contributed by atoms with Crippen LogP contribution in [0.2, 0.25) is 0 Å². The zero-order chi connectivity index (χ0) is 23.1. The molecule has 2 saturated heterocycles. The van der Waals surface area contributed by atoms with Crippen LogP contribution in [0.3, 0.4) is 0 Å². The molecule has 0 aromatic carbocycles. The predicted molar refractivity (Wildman–Crippen MR) is 120 cm³/mol. The van der Waals surface area contributed by atoms with E-state index < -0.39 is 18.3 Å². The van der Waals surface area contributed by atoms with Gasteiger partial charge in [0.1, 0.15) is 6.10 Å². The Morgan fingerprint density at radius 3 is 2.00 bits per heavy atom. The average Bonchev–Trinajstić information content (AvgIpc) is 3.49. The van der Waals surface area contributed by atoms with E-state index in [1.165, 1.54) is 0 Å². The molecule has 8 atom stereocenters. The lowest BCUT2D eigenvalue weighted by molar-refractivity contribution is -0.139. The number of cyclic esters (lactones) is 1. The molecule has 0 bridgehead atoms. The van der Waals surface area contributed by atoms with Gasteiger partial charge in [0.2, 0.25) is 0 Å². The molecule has 0 amide bonds. The first-order chi connectivity index (χ1) is 15.4. The molecule has 0 unspecified atom stereocenters. The summed E-state index contributed by atoms with van der Waals surface area (Å²) in [5.41, 5.74) is 0.560. The Kier molecular flexibility index (Phi) is 9.98. The van der Waals surface area contributed by atoms with E-state index in [-0.39, 0.29) is 36.5 Å². The minimum atomic E-state index is -0.566. The maximum atomic E-state index is 11.6. The number of unbranched alkanes of at least 4 members (excludes halogenated alkanes) is 2. The largest absolute Gasteiger partial charge is 0.455 e. The summed E-state index contributed by atoms with van der Waals surface area (Å²) in [5.74, 6) is -0.326. The van der Waals surface area contributed by atoms with Crippen molar-refractivity contribution in [1.29, 1.82) is 0 Å². The van der Waals surface area contributed by atoms with E-state index in [1.807, 2.05) is 6.92 Å². The molecule has 0 spiro atoms. The van der Waals surface area contributed by atoms with Crippen molar-refractivity contribution in [1.82, 2.24) is 0 Å². The third-order valence-electron chi connectivity index (χ3n) is 7.03. The quantitative estimate of drug-likeness (QED) is 0.290. The Hall–Kier alpha value is -0.990. The van der Waals surface area contributed by atoms with E-state index in [1.54, 1.807) is 6.08 Å².